The number of methoxy groups -OCH3 is 2. The first-order valence-corrected chi connectivity index (χ1v) is 6.65. The number of hydrogen-bond acceptors (Lipinski definition) is 4. The molecule has 1 aromatic carbocycles. The van der Waals surface area contributed by atoms with Crippen LogP contribution in [0.15, 0.2) is 42.6 Å². The number of ether oxygens (including phenoxy) is 2. The molecule has 2 aromatic rings. The van der Waals surface area contributed by atoms with Crippen LogP contribution < -0.4 is 14.8 Å². The van der Waals surface area contributed by atoms with Crippen LogP contribution in [0.25, 0.3) is 0 Å². The van der Waals surface area contributed by atoms with E-state index in [4.69, 9.17) is 9.47 Å². The van der Waals surface area contributed by atoms with Crippen molar-refractivity contribution < 1.29 is 9.47 Å². The molecule has 1 heterocycles. The average molecular weight is 353 g/mol. The zero-order valence-corrected chi connectivity index (χ0v) is 14.0. The molecule has 1 N–H and O–H groups in total. The van der Waals surface area contributed by atoms with Crippen LogP contribution in [0.2, 0.25) is 0 Å². The number of aromatic nitrogens is 1. The summed E-state index contributed by atoms with van der Waals surface area (Å²) in [5, 5.41) is 3.38. The number of benzene rings is 1. The molecule has 0 bridgehead atoms. The van der Waals surface area contributed by atoms with Crippen molar-refractivity contribution in [2.45, 2.75) is 13.0 Å². The lowest BCUT2D eigenvalue weighted by atomic mass is 10.1. The average Bonchev–Trinajstić information content (AvgIpc) is 2.52. The zero-order valence-electron chi connectivity index (χ0n) is 12.3. The van der Waals surface area contributed by atoms with E-state index in [9.17, 15) is 0 Å². The van der Waals surface area contributed by atoms with E-state index in [2.05, 4.69) is 16.4 Å². The molecule has 0 saturated heterocycles. The SMILES string of the molecule is Br.COc1ccc(CCNCc2ccccn2)cc1OC. The normalized spacial score (nSPS) is 9.81. The standard InChI is InChI=1S/C16H20N2O2.BrH/c1-19-15-7-6-13(11-16(15)20-2)8-10-17-12-14-5-3-4-9-18-14;/h3-7,9,11,17H,8,10,12H2,1-2H3;1H. The van der Waals surface area contributed by atoms with Crippen molar-refractivity contribution in [1.82, 2.24) is 10.3 Å². The quantitative estimate of drug-likeness (QED) is 0.778. The Morgan fingerprint density at radius 3 is 2.52 bits per heavy atom. The summed E-state index contributed by atoms with van der Waals surface area (Å²) in [5.41, 5.74) is 2.27. The van der Waals surface area contributed by atoms with Gasteiger partial charge in [-0.1, -0.05) is 12.1 Å². The number of pyridine rings is 1. The van der Waals surface area contributed by atoms with Gasteiger partial charge in [0.1, 0.15) is 0 Å². The Bertz CT molecular complexity index is 535. The van der Waals surface area contributed by atoms with E-state index in [-0.39, 0.29) is 17.0 Å². The van der Waals surface area contributed by atoms with E-state index in [1.165, 1.54) is 5.56 Å². The number of halogens is 1. The highest BCUT2D eigenvalue weighted by Gasteiger charge is 2.04. The first-order chi connectivity index (χ1) is 9.83. The molecule has 0 aliphatic carbocycles. The number of rotatable bonds is 7. The van der Waals surface area contributed by atoms with E-state index < -0.39 is 0 Å². The molecule has 21 heavy (non-hydrogen) atoms. The minimum absolute atomic E-state index is 0. The molecule has 2 rings (SSSR count). The number of hydrogen-bond donors (Lipinski definition) is 1. The summed E-state index contributed by atoms with van der Waals surface area (Å²) in [6.45, 7) is 1.68. The van der Waals surface area contributed by atoms with Crippen molar-refractivity contribution >= 4 is 17.0 Å². The van der Waals surface area contributed by atoms with Crippen LogP contribution in [0.1, 0.15) is 11.3 Å². The maximum atomic E-state index is 5.30. The fourth-order valence-electron chi connectivity index (χ4n) is 1.99. The molecule has 0 fully saturated rings. The number of nitrogens with zero attached hydrogens (tertiary/aromatic N) is 1. The molecular formula is C16H21BrN2O2. The first kappa shape index (κ1) is 17.5. The Kier molecular flexibility index (Phi) is 7.79. The molecule has 5 heteroatoms. The van der Waals surface area contributed by atoms with Crippen LogP contribution in [-0.2, 0) is 13.0 Å². The Morgan fingerprint density at radius 1 is 1.05 bits per heavy atom. The van der Waals surface area contributed by atoms with Gasteiger partial charge >= 0.3 is 0 Å². The van der Waals surface area contributed by atoms with E-state index in [0.29, 0.717) is 0 Å². The smallest absolute Gasteiger partial charge is 0.160 e. The van der Waals surface area contributed by atoms with Crippen molar-refractivity contribution in [3.63, 3.8) is 0 Å². The van der Waals surface area contributed by atoms with Gasteiger partial charge in [0.05, 0.1) is 19.9 Å². The monoisotopic (exact) mass is 352 g/mol. The summed E-state index contributed by atoms with van der Waals surface area (Å²) in [4.78, 5) is 4.27. The third-order valence-corrected chi connectivity index (χ3v) is 3.07. The second kappa shape index (κ2) is 9.37. The Hall–Kier alpha value is -1.59. The van der Waals surface area contributed by atoms with Crippen molar-refractivity contribution in [2.75, 3.05) is 20.8 Å². The first-order valence-electron chi connectivity index (χ1n) is 6.65. The van der Waals surface area contributed by atoms with Crippen LogP contribution >= 0.6 is 17.0 Å². The second-order valence-electron chi connectivity index (χ2n) is 4.44. The third-order valence-electron chi connectivity index (χ3n) is 3.07. The predicted molar refractivity (Wildman–Crippen MR) is 89.5 cm³/mol. The fraction of sp³-hybridized carbons (Fsp3) is 0.312. The van der Waals surface area contributed by atoms with Gasteiger partial charge in [0.25, 0.3) is 0 Å². The van der Waals surface area contributed by atoms with Crippen LogP contribution in [0.4, 0.5) is 0 Å². The van der Waals surface area contributed by atoms with Gasteiger partial charge in [0.2, 0.25) is 0 Å². The molecule has 114 valence electrons. The molecular weight excluding hydrogens is 332 g/mol. The lowest BCUT2D eigenvalue weighted by molar-refractivity contribution is 0.354. The Balaban J connectivity index is 0.00000220. The molecule has 0 spiro atoms. The van der Waals surface area contributed by atoms with Gasteiger partial charge in [-0.2, -0.15) is 0 Å². The van der Waals surface area contributed by atoms with E-state index in [0.717, 1.165) is 36.7 Å². The van der Waals surface area contributed by atoms with Crippen LogP contribution in [0.5, 0.6) is 11.5 Å². The van der Waals surface area contributed by atoms with Gasteiger partial charge in [-0.25, -0.2) is 0 Å². The minimum Gasteiger partial charge on any atom is -0.493 e. The third kappa shape index (κ3) is 5.36. The van der Waals surface area contributed by atoms with Gasteiger partial charge in [0, 0.05) is 12.7 Å². The largest absolute Gasteiger partial charge is 0.493 e. The van der Waals surface area contributed by atoms with Gasteiger partial charge < -0.3 is 14.8 Å². The zero-order chi connectivity index (χ0) is 14.2. The lowest BCUT2D eigenvalue weighted by Gasteiger charge is -2.10. The topological polar surface area (TPSA) is 43.4 Å². The van der Waals surface area contributed by atoms with Crippen molar-refractivity contribution in [3.05, 3.63) is 53.9 Å². The van der Waals surface area contributed by atoms with Gasteiger partial charge in [-0.05, 0) is 42.8 Å². The molecule has 0 atom stereocenters. The van der Waals surface area contributed by atoms with Crippen LogP contribution in [0, 0.1) is 0 Å². The Labute approximate surface area is 136 Å². The van der Waals surface area contributed by atoms with Crippen molar-refractivity contribution in [3.8, 4) is 11.5 Å². The lowest BCUT2D eigenvalue weighted by Crippen LogP contribution is -2.17. The van der Waals surface area contributed by atoms with Crippen molar-refractivity contribution in [1.29, 1.82) is 0 Å². The number of nitrogens with one attached hydrogen (secondary N) is 1. The molecule has 0 saturated carbocycles. The molecule has 1 aromatic heterocycles. The molecule has 0 unspecified atom stereocenters. The van der Waals surface area contributed by atoms with Crippen LogP contribution in [-0.4, -0.2) is 25.7 Å². The van der Waals surface area contributed by atoms with Gasteiger partial charge in [0.15, 0.2) is 11.5 Å². The van der Waals surface area contributed by atoms with E-state index in [1.807, 2.05) is 36.5 Å². The van der Waals surface area contributed by atoms with Crippen LogP contribution in [0.3, 0.4) is 0 Å². The fourth-order valence-corrected chi connectivity index (χ4v) is 1.99. The second-order valence-corrected chi connectivity index (χ2v) is 4.44. The van der Waals surface area contributed by atoms with E-state index >= 15 is 0 Å². The molecule has 0 aliphatic rings. The summed E-state index contributed by atoms with van der Waals surface area (Å²) >= 11 is 0. The van der Waals surface area contributed by atoms with E-state index in [1.54, 1.807) is 14.2 Å². The van der Waals surface area contributed by atoms with Crippen molar-refractivity contribution in [2.24, 2.45) is 0 Å². The predicted octanol–water partition coefficient (Wildman–Crippen LogP) is 3.01. The summed E-state index contributed by atoms with van der Waals surface area (Å²) in [6.07, 6.45) is 2.75. The highest BCUT2D eigenvalue weighted by molar-refractivity contribution is 8.93. The summed E-state index contributed by atoms with van der Waals surface area (Å²) in [7, 11) is 3.30. The highest BCUT2D eigenvalue weighted by atomic mass is 79.9. The molecule has 0 amide bonds. The summed E-state index contributed by atoms with van der Waals surface area (Å²) < 4.78 is 10.5. The van der Waals surface area contributed by atoms with Gasteiger partial charge in [-0.3, -0.25) is 4.98 Å². The molecule has 0 radical (unpaired) electrons. The Morgan fingerprint density at radius 2 is 1.86 bits per heavy atom. The summed E-state index contributed by atoms with van der Waals surface area (Å²) in [6, 6.07) is 12.0. The highest BCUT2D eigenvalue weighted by Crippen LogP contribution is 2.27. The summed E-state index contributed by atoms with van der Waals surface area (Å²) in [5.74, 6) is 1.53. The van der Waals surface area contributed by atoms with Gasteiger partial charge in [-0.15, -0.1) is 17.0 Å². The maximum Gasteiger partial charge on any atom is 0.160 e. The maximum absolute atomic E-state index is 5.30. The molecule has 0 aliphatic heterocycles. The minimum atomic E-state index is 0. The molecule has 4 nitrogen and oxygen atoms in total.